The Kier molecular flexibility index (Phi) is 24.1. The van der Waals surface area contributed by atoms with Crippen LogP contribution < -0.4 is 0 Å². The predicted octanol–water partition coefficient (Wildman–Crippen LogP) is 12.7. The van der Waals surface area contributed by atoms with Crippen LogP contribution in [0.25, 0.3) is 0 Å². The second-order valence-electron chi connectivity index (χ2n) is 11.5. The lowest BCUT2D eigenvalue weighted by molar-refractivity contribution is 0.500. The van der Waals surface area contributed by atoms with Gasteiger partial charge in [-0.05, 0) is 30.2 Å². The summed E-state index contributed by atoms with van der Waals surface area (Å²) >= 11 is 1.92. The normalized spacial score (nSPS) is 11.6. The summed E-state index contributed by atoms with van der Waals surface area (Å²) in [5.41, 5.74) is 0. The van der Waals surface area contributed by atoms with Crippen molar-refractivity contribution in [3.8, 4) is 0 Å². The lowest BCUT2D eigenvalue weighted by atomic mass is 10.0. The summed E-state index contributed by atoms with van der Waals surface area (Å²) < 4.78 is 0. The maximum absolute atomic E-state index is 2.35. The van der Waals surface area contributed by atoms with Crippen LogP contribution in [0.4, 0.5) is 0 Å². The fourth-order valence-electron chi connectivity index (χ4n) is 5.20. The highest BCUT2D eigenvalue weighted by molar-refractivity contribution is 7.09. The first-order valence-electron chi connectivity index (χ1n) is 15.8. The minimum Gasteiger partial charge on any atom is -0.149 e. The monoisotopic (exact) mass is 490 g/mol. The van der Waals surface area contributed by atoms with E-state index >= 15 is 0 Å². The van der Waals surface area contributed by atoms with Crippen molar-refractivity contribution in [3.63, 3.8) is 0 Å². The number of hydrogen-bond acceptors (Lipinski definition) is 1. The first-order chi connectivity index (χ1) is 16.8. The molecule has 200 valence electrons. The van der Waals surface area contributed by atoms with Gasteiger partial charge in [-0.15, -0.1) is 11.3 Å². The molecule has 0 atom stereocenters. The van der Waals surface area contributed by atoms with Gasteiger partial charge in [-0.3, -0.25) is 0 Å². The Morgan fingerprint density at radius 3 is 1.09 bits per heavy atom. The molecule has 0 unspecified atom stereocenters. The maximum atomic E-state index is 2.35. The summed E-state index contributed by atoms with van der Waals surface area (Å²) in [5.74, 6) is 0.895. The molecule has 0 amide bonds. The van der Waals surface area contributed by atoms with Gasteiger partial charge in [-0.2, -0.15) is 0 Å². The Morgan fingerprint density at radius 1 is 0.471 bits per heavy atom. The van der Waals surface area contributed by atoms with Crippen molar-refractivity contribution in [2.75, 3.05) is 0 Å². The highest BCUT2D eigenvalue weighted by Crippen LogP contribution is 2.17. The van der Waals surface area contributed by atoms with E-state index in [1.165, 1.54) is 167 Å². The molecule has 0 aliphatic rings. The van der Waals surface area contributed by atoms with E-state index in [1.54, 1.807) is 4.88 Å². The number of hydrogen-bond donors (Lipinski definition) is 0. The average molecular weight is 491 g/mol. The minimum absolute atomic E-state index is 0.895. The molecule has 0 N–H and O–H groups in total. The molecule has 1 aromatic heterocycles. The van der Waals surface area contributed by atoms with Crippen molar-refractivity contribution in [1.82, 2.24) is 0 Å². The van der Waals surface area contributed by atoms with Gasteiger partial charge in [0.25, 0.3) is 0 Å². The maximum Gasteiger partial charge on any atom is 0.00452 e. The van der Waals surface area contributed by atoms with Crippen LogP contribution in [0.15, 0.2) is 17.5 Å². The van der Waals surface area contributed by atoms with Gasteiger partial charge in [0, 0.05) is 4.88 Å². The van der Waals surface area contributed by atoms with Crippen molar-refractivity contribution in [2.24, 2.45) is 5.92 Å². The minimum atomic E-state index is 0.895. The summed E-state index contributed by atoms with van der Waals surface area (Å²) in [6, 6.07) is 4.46. The van der Waals surface area contributed by atoms with Gasteiger partial charge in [-0.1, -0.05) is 174 Å². The van der Waals surface area contributed by atoms with Crippen LogP contribution >= 0.6 is 11.3 Å². The van der Waals surface area contributed by atoms with E-state index in [0.29, 0.717) is 0 Å². The molecule has 0 aromatic carbocycles. The number of thiophene rings is 1. The molecule has 0 aliphatic heterocycles. The van der Waals surface area contributed by atoms with Crippen LogP contribution in [0.5, 0.6) is 0 Å². The number of unbranched alkanes of at least 4 members (excludes halogenated alkanes) is 23. The standard InChI is InChI=1S/C33H62S/c1-32(2)28-25-23-21-19-17-15-13-11-9-7-5-3-4-6-8-10-12-14-16-18-20-22-24-26-29-33-30-27-31-34-33/h27,30-32H,3-26,28-29H2,1-2H3. The highest BCUT2D eigenvalue weighted by Gasteiger charge is 1.98. The van der Waals surface area contributed by atoms with Crippen molar-refractivity contribution in [1.29, 1.82) is 0 Å². The Hall–Kier alpha value is -0.300. The summed E-state index contributed by atoms with van der Waals surface area (Å²) in [6.45, 7) is 4.69. The van der Waals surface area contributed by atoms with Gasteiger partial charge >= 0.3 is 0 Å². The molecule has 0 spiro atoms. The Labute approximate surface area is 220 Å². The van der Waals surface area contributed by atoms with E-state index in [0.717, 1.165) is 5.92 Å². The van der Waals surface area contributed by atoms with E-state index in [9.17, 15) is 0 Å². The van der Waals surface area contributed by atoms with Gasteiger partial charge in [0.2, 0.25) is 0 Å². The third kappa shape index (κ3) is 23.4. The molecule has 0 radical (unpaired) electrons. The molecule has 34 heavy (non-hydrogen) atoms. The topological polar surface area (TPSA) is 0 Å². The van der Waals surface area contributed by atoms with E-state index < -0.39 is 0 Å². The predicted molar refractivity (Wildman–Crippen MR) is 158 cm³/mol. The first-order valence-corrected chi connectivity index (χ1v) is 16.7. The Morgan fingerprint density at radius 2 is 0.794 bits per heavy atom. The molecular weight excluding hydrogens is 428 g/mol. The molecule has 1 aromatic rings. The van der Waals surface area contributed by atoms with Crippen LogP contribution in [0.1, 0.15) is 179 Å². The molecule has 0 saturated heterocycles. The molecule has 0 bridgehead atoms. The fraction of sp³-hybridized carbons (Fsp3) is 0.879. The average Bonchev–Trinajstić information content (AvgIpc) is 3.35. The van der Waals surface area contributed by atoms with Crippen molar-refractivity contribution < 1.29 is 0 Å². The van der Waals surface area contributed by atoms with E-state index in [4.69, 9.17) is 0 Å². The zero-order valence-electron chi connectivity index (χ0n) is 23.6. The molecular formula is C33H62S. The van der Waals surface area contributed by atoms with Crippen LogP contribution in [0, 0.1) is 5.92 Å². The van der Waals surface area contributed by atoms with Crippen molar-refractivity contribution in [2.45, 2.75) is 181 Å². The first kappa shape index (κ1) is 31.7. The van der Waals surface area contributed by atoms with Crippen LogP contribution in [0.3, 0.4) is 0 Å². The number of aryl methyl sites for hydroxylation is 1. The highest BCUT2D eigenvalue weighted by atomic mass is 32.1. The molecule has 0 nitrogen and oxygen atoms in total. The third-order valence-electron chi connectivity index (χ3n) is 7.53. The SMILES string of the molecule is CC(C)CCCCCCCCCCCCCCCCCCCCCCCCCCc1cccs1. The fourth-order valence-corrected chi connectivity index (χ4v) is 5.95. The lowest BCUT2D eigenvalue weighted by Crippen LogP contribution is -1.87. The smallest absolute Gasteiger partial charge is 0.00452 e. The molecule has 0 aliphatic carbocycles. The van der Waals surface area contributed by atoms with Gasteiger partial charge in [0.05, 0.1) is 0 Å². The zero-order chi connectivity index (χ0) is 24.4. The molecule has 1 heteroatoms. The molecule has 0 saturated carbocycles. The lowest BCUT2D eigenvalue weighted by Gasteiger charge is -2.05. The molecule has 0 fully saturated rings. The molecule has 1 heterocycles. The van der Waals surface area contributed by atoms with Crippen LogP contribution in [-0.4, -0.2) is 0 Å². The third-order valence-corrected chi connectivity index (χ3v) is 8.47. The second kappa shape index (κ2) is 25.8. The Balaban J connectivity index is 1.62. The summed E-state index contributed by atoms with van der Waals surface area (Å²) in [5, 5.41) is 2.20. The number of rotatable bonds is 27. The van der Waals surface area contributed by atoms with Gasteiger partial charge in [0.15, 0.2) is 0 Å². The van der Waals surface area contributed by atoms with Gasteiger partial charge in [0.1, 0.15) is 0 Å². The zero-order valence-corrected chi connectivity index (χ0v) is 24.4. The van der Waals surface area contributed by atoms with Crippen molar-refractivity contribution >= 4 is 11.3 Å². The largest absolute Gasteiger partial charge is 0.149 e. The van der Waals surface area contributed by atoms with E-state index in [-0.39, 0.29) is 0 Å². The van der Waals surface area contributed by atoms with E-state index in [1.807, 2.05) is 11.3 Å². The summed E-state index contributed by atoms with van der Waals surface area (Å²) in [6.07, 6.45) is 38.1. The van der Waals surface area contributed by atoms with Crippen molar-refractivity contribution in [3.05, 3.63) is 22.4 Å². The van der Waals surface area contributed by atoms with Gasteiger partial charge in [-0.25, -0.2) is 0 Å². The molecule has 1 rings (SSSR count). The second-order valence-corrected chi connectivity index (χ2v) is 12.5. The summed E-state index contributed by atoms with van der Waals surface area (Å²) in [4.78, 5) is 1.57. The Bertz CT molecular complexity index is 475. The van der Waals surface area contributed by atoms with Crippen LogP contribution in [-0.2, 0) is 6.42 Å². The summed E-state index contributed by atoms with van der Waals surface area (Å²) in [7, 11) is 0. The quantitative estimate of drug-likeness (QED) is 0.108. The van der Waals surface area contributed by atoms with E-state index in [2.05, 4.69) is 31.4 Å². The van der Waals surface area contributed by atoms with Gasteiger partial charge < -0.3 is 0 Å². The van der Waals surface area contributed by atoms with Crippen LogP contribution in [0.2, 0.25) is 0 Å².